The monoisotopic (exact) mass is 282 g/mol. The van der Waals surface area contributed by atoms with Gasteiger partial charge in [-0.25, -0.2) is 4.68 Å². The van der Waals surface area contributed by atoms with E-state index >= 15 is 0 Å². The van der Waals surface area contributed by atoms with E-state index in [1.54, 1.807) is 0 Å². The summed E-state index contributed by atoms with van der Waals surface area (Å²) in [4.78, 5) is 0. The quantitative estimate of drug-likeness (QED) is 0.659. The van der Waals surface area contributed by atoms with Crippen LogP contribution >= 0.6 is 11.6 Å². The Labute approximate surface area is 123 Å². The second-order valence-electron chi connectivity index (χ2n) is 5.03. The van der Waals surface area contributed by atoms with Crippen LogP contribution in [0.4, 0.5) is 0 Å². The molecule has 3 aromatic rings. The number of halogens is 1. The Morgan fingerprint density at radius 1 is 0.950 bits per heavy atom. The Kier molecular flexibility index (Phi) is 3.33. The van der Waals surface area contributed by atoms with E-state index in [0.29, 0.717) is 0 Å². The first-order valence-corrected chi connectivity index (χ1v) is 6.89. The topological polar surface area (TPSA) is 17.8 Å². The molecule has 2 aromatic carbocycles. The van der Waals surface area contributed by atoms with Crippen LogP contribution in [0.15, 0.2) is 54.9 Å². The van der Waals surface area contributed by atoms with Crippen LogP contribution in [-0.2, 0) is 0 Å². The summed E-state index contributed by atoms with van der Waals surface area (Å²) in [6, 6.07) is 14.2. The molecule has 0 spiro atoms. The summed E-state index contributed by atoms with van der Waals surface area (Å²) in [5.74, 6) is 0. The maximum atomic E-state index is 6.03. The van der Waals surface area contributed by atoms with Gasteiger partial charge in [0, 0.05) is 16.8 Å². The van der Waals surface area contributed by atoms with Gasteiger partial charge in [0.1, 0.15) is 0 Å². The summed E-state index contributed by atoms with van der Waals surface area (Å²) in [5, 5.41) is 5.19. The van der Waals surface area contributed by atoms with Crippen LogP contribution < -0.4 is 0 Å². The molecule has 0 saturated heterocycles. The summed E-state index contributed by atoms with van der Waals surface area (Å²) in [7, 11) is 0. The van der Waals surface area contributed by atoms with E-state index in [1.807, 2.05) is 41.3 Å². The highest BCUT2D eigenvalue weighted by Crippen LogP contribution is 2.23. The number of rotatable bonds is 2. The molecule has 0 atom stereocenters. The zero-order valence-corrected chi connectivity index (χ0v) is 12.2. The van der Waals surface area contributed by atoms with Gasteiger partial charge in [0.2, 0.25) is 0 Å². The van der Waals surface area contributed by atoms with Crippen molar-refractivity contribution >= 4 is 11.6 Å². The van der Waals surface area contributed by atoms with Crippen LogP contribution in [0.5, 0.6) is 0 Å². The predicted octanol–water partition coefficient (Wildman–Crippen LogP) is 4.81. The van der Waals surface area contributed by atoms with Crippen molar-refractivity contribution in [2.75, 3.05) is 0 Å². The molecule has 0 unspecified atom stereocenters. The lowest BCUT2D eigenvalue weighted by Gasteiger charge is -2.04. The third-order valence-electron chi connectivity index (χ3n) is 3.21. The predicted molar refractivity (Wildman–Crippen MR) is 83.5 cm³/mol. The Balaban J connectivity index is 2.02. The van der Waals surface area contributed by atoms with E-state index in [9.17, 15) is 0 Å². The molecule has 0 radical (unpaired) electrons. The summed E-state index contributed by atoms with van der Waals surface area (Å²) >= 11 is 6.03. The Morgan fingerprint density at radius 3 is 2.40 bits per heavy atom. The van der Waals surface area contributed by atoms with Crippen LogP contribution in [0.25, 0.3) is 16.8 Å². The lowest BCUT2D eigenvalue weighted by atomic mass is 10.1. The van der Waals surface area contributed by atoms with Gasteiger partial charge in [-0.15, -0.1) is 0 Å². The molecular weight excluding hydrogens is 268 g/mol. The molecule has 100 valence electrons. The molecule has 0 fully saturated rings. The van der Waals surface area contributed by atoms with Crippen molar-refractivity contribution in [1.29, 1.82) is 0 Å². The first kappa shape index (κ1) is 12.9. The molecular formula is C17H15ClN2. The fourth-order valence-electron chi connectivity index (χ4n) is 2.36. The largest absolute Gasteiger partial charge is 0.240 e. The molecule has 3 rings (SSSR count). The molecule has 1 heterocycles. The highest BCUT2D eigenvalue weighted by Gasteiger charge is 2.05. The maximum Gasteiger partial charge on any atom is 0.0651 e. The van der Waals surface area contributed by atoms with E-state index in [-0.39, 0.29) is 0 Å². The lowest BCUT2D eigenvalue weighted by Crippen LogP contribution is -1.95. The molecule has 0 bridgehead atoms. The Morgan fingerprint density at radius 2 is 1.70 bits per heavy atom. The minimum Gasteiger partial charge on any atom is -0.240 e. The molecule has 0 saturated carbocycles. The van der Waals surface area contributed by atoms with E-state index in [1.165, 1.54) is 11.1 Å². The summed E-state index contributed by atoms with van der Waals surface area (Å²) in [5.41, 5.74) is 5.69. The smallest absolute Gasteiger partial charge is 0.0651 e. The van der Waals surface area contributed by atoms with Gasteiger partial charge < -0.3 is 0 Å². The number of aryl methyl sites for hydroxylation is 2. The van der Waals surface area contributed by atoms with Crippen molar-refractivity contribution < 1.29 is 0 Å². The maximum absolute atomic E-state index is 6.03. The number of benzene rings is 2. The number of hydrogen-bond acceptors (Lipinski definition) is 1. The van der Waals surface area contributed by atoms with Crippen LogP contribution in [0, 0.1) is 13.8 Å². The fourth-order valence-corrected chi connectivity index (χ4v) is 2.55. The first-order valence-electron chi connectivity index (χ1n) is 6.51. The van der Waals surface area contributed by atoms with Crippen LogP contribution in [-0.4, -0.2) is 9.78 Å². The minimum absolute atomic E-state index is 0.738. The van der Waals surface area contributed by atoms with Crippen molar-refractivity contribution in [2.45, 2.75) is 13.8 Å². The van der Waals surface area contributed by atoms with Crippen molar-refractivity contribution in [2.24, 2.45) is 0 Å². The van der Waals surface area contributed by atoms with Gasteiger partial charge >= 0.3 is 0 Å². The van der Waals surface area contributed by atoms with Gasteiger partial charge in [0.05, 0.1) is 11.9 Å². The van der Waals surface area contributed by atoms with Gasteiger partial charge in [-0.05, 0) is 54.8 Å². The van der Waals surface area contributed by atoms with Crippen molar-refractivity contribution in [1.82, 2.24) is 9.78 Å². The van der Waals surface area contributed by atoms with E-state index in [4.69, 9.17) is 11.6 Å². The van der Waals surface area contributed by atoms with Crippen LogP contribution in [0.3, 0.4) is 0 Å². The molecule has 0 aliphatic carbocycles. The molecule has 0 aliphatic heterocycles. The number of nitrogens with zero attached hydrogens (tertiary/aromatic N) is 2. The van der Waals surface area contributed by atoms with Gasteiger partial charge in [-0.3, -0.25) is 0 Å². The van der Waals surface area contributed by atoms with E-state index in [0.717, 1.165) is 21.8 Å². The van der Waals surface area contributed by atoms with Gasteiger partial charge in [0.15, 0.2) is 0 Å². The molecule has 2 nitrogen and oxygen atoms in total. The van der Waals surface area contributed by atoms with E-state index in [2.05, 4.69) is 37.1 Å². The molecule has 3 heteroatoms. The standard InChI is InChI=1S/C17H15ClN2/c1-12-6-13(2)8-17(7-12)20-11-15(10-19-20)14-4-3-5-16(18)9-14/h3-11H,1-2H3. The average Bonchev–Trinajstić information content (AvgIpc) is 2.87. The third-order valence-corrected chi connectivity index (χ3v) is 3.45. The summed E-state index contributed by atoms with van der Waals surface area (Å²) in [6.45, 7) is 4.19. The molecule has 0 aliphatic rings. The SMILES string of the molecule is Cc1cc(C)cc(-n2cc(-c3cccc(Cl)c3)cn2)c1. The third kappa shape index (κ3) is 2.61. The highest BCUT2D eigenvalue weighted by atomic mass is 35.5. The van der Waals surface area contributed by atoms with Gasteiger partial charge in [-0.1, -0.05) is 29.8 Å². The lowest BCUT2D eigenvalue weighted by molar-refractivity contribution is 0.878. The molecule has 20 heavy (non-hydrogen) atoms. The average molecular weight is 283 g/mol. The van der Waals surface area contributed by atoms with Crippen molar-refractivity contribution in [3.8, 4) is 16.8 Å². The zero-order chi connectivity index (χ0) is 14.1. The highest BCUT2D eigenvalue weighted by molar-refractivity contribution is 6.30. The second kappa shape index (κ2) is 5.14. The summed E-state index contributed by atoms with van der Waals surface area (Å²) < 4.78 is 1.90. The first-order chi connectivity index (χ1) is 9.61. The fraction of sp³-hybridized carbons (Fsp3) is 0.118. The van der Waals surface area contributed by atoms with Crippen molar-refractivity contribution in [3.63, 3.8) is 0 Å². The minimum atomic E-state index is 0.738. The normalized spacial score (nSPS) is 10.8. The molecule has 0 amide bonds. The second-order valence-corrected chi connectivity index (χ2v) is 5.47. The molecule has 0 N–H and O–H groups in total. The Hall–Kier alpha value is -2.06. The summed E-state index contributed by atoms with van der Waals surface area (Å²) in [6.07, 6.45) is 3.89. The van der Waals surface area contributed by atoms with Crippen molar-refractivity contribution in [3.05, 3.63) is 71.0 Å². The van der Waals surface area contributed by atoms with Gasteiger partial charge in [-0.2, -0.15) is 5.10 Å². The van der Waals surface area contributed by atoms with E-state index < -0.39 is 0 Å². The Bertz CT molecular complexity index is 739. The number of hydrogen-bond donors (Lipinski definition) is 0. The number of aromatic nitrogens is 2. The molecule has 1 aromatic heterocycles. The van der Waals surface area contributed by atoms with Crippen LogP contribution in [0.2, 0.25) is 5.02 Å². The van der Waals surface area contributed by atoms with Crippen LogP contribution in [0.1, 0.15) is 11.1 Å². The van der Waals surface area contributed by atoms with Gasteiger partial charge in [0.25, 0.3) is 0 Å². The zero-order valence-electron chi connectivity index (χ0n) is 11.5.